The third kappa shape index (κ3) is 4.54. The molecular weight excluding hydrogens is 262 g/mol. The molecule has 0 bridgehead atoms. The largest absolute Gasteiger partial charge is 0.370 e. The average molecular weight is 281 g/mol. The van der Waals surface area contributed by atoms with Crippen LogP contribution in [0, 0.1) is 12.3 Å². The molecule has 5 nitrogen and oxygen atoms in total. The second-order valence-corrected chi connectivity index (χ2v) is 6.41. The molecular formula is C13H19N3O2S. The Kier molecular flexibility index (Phi) is 5.80. The van der Waals surface area contributed by atoms with Crippen molar-refractivity contribution in [2.24, 2.45) is 0 Å². The number of pyridine rings is 1. The first kappa shape index (κ1) is 15.5. The van der Waals surface area contributed by atoms with Crippen molar-refractivity contribution in [2.45, 2.75) is 24.2 Å². The molecule has 19 heavy (non-hydrogen) atoms. The van der Waals surface area contributed by atoms with Crippen LogP contribution in [0.15, 0.2) is 23.2 Å². The molecule has 0 atom stereocenters. The minimum absolute atomic E-state index is 0.190. The molecule has 0 unspecified atom stereocenters. The molecule has 1 heterocycles. The van der Waals surface area contributed by atoms with Gasteiger partial charge in [0, 0.05) is 33.3 Å². The van der Waals surface area contributed by atoms with E-state index in [4.69, 9.17) is 6.42 Å². The van der Waals surface area contributed by atoms with Crippen LogP contribution in [0.1, 0.15) is 19.3 Å². The molecule has 0 saturated heterocycles. The summed E-state index contributed by atoms with van der Waals surface area (Å²) in [4.78, 5) is 4.28. The second kappa shape index (κ2) is 7.12. The standard InChI is InChI=1S/C13H19N3O2S/c1-4-5-6-7-10-14-13-9-8-12(11-15-13)19(17,18)16(2)3/h1,8-9,11H,5-7,10H2,2-3H3,(H,14,15). The zero-order valence-corrected chi connectivity index (χ0v) is 12.1. The van der Waals surface area contributed by atoms with Gasteiger partial charge in [0.15, 0.2) is 0 Å². The van der Waals surface area contributed by atoms with Crippen LogP contribution in [0.2, 0.25) is 0 Å². The van der Waals surface area contributed by atoms with E-state index in [1.807, 2.05) is 0 Å². The number of unbranched alkanes of at least 4 members (excludes halogenated alkanes) is 2. The van der Waals surface area contributed by atoms with E-state index in [9.17, 15) is 8.42 Å². The molecule has 0 amide bonds. The summed E-state index contributed by atoms with van der Waals surface area (Å²) in [5.74, 6) is 3.25. The highest BCUT2D eigenvalue weighted by molar-refractivity contribution is 7.89. The highest BCUT2D eigenvalue weighted by Gasteiger charge is 2.16. The highest BCUT2D eigenvalue weighted by atomic mass is 32.2. The highest BCUT2D eigenvalue weighted by Crippen LogP contribution is 2.13. The van der Waals surface area contributed by atoms with Crippen molar-refractivity contribution >= 4 is 15.8 Å². The zero-order valence-electron chi connectivity index (χ0n) is 11.3. The van der Waals surface area contributed by atoms with Crippen LogP contribution in [0.3, 0.4) is 0 Å². The summed E-state index contributed by atoms with van der Waals surface area (Å²) in [5.41, 5.74) is 0. The summed E-state index contributed by atoms with van der Waals surface area (Å²) in [5, 5.41) is 3.12. The number of rotatable bonds is 7. The van der Waals surface area contributed by atoms with E-state index in [0.717, 1.165) is 30.1 Å². The van der Waals surface area contributed by atoms with Gasteiger partial charge in [-0.05, 0) is 25.0 Å². The Morgan fingerprint density at radius 2 is 2.11 bits per heavy atom. The van der Waals surface area contributed by atoms with Gasteiger partial charge < -0.3 is 5.32 Å². The number of terminal acetylenes is 1. The summed E-state index contributed by atoms with van der Waals surface area (Å²) < 4.78 is 24.8. The Bertz CT molecular complexity index is 530. The lowest BCUT2D eigenvalue weighted by atomic mass is 10.2. The van der Waals surface area contributed by atoms with Crippen molar-refractivity contribution in [3.63, 3.8) is 0 Å². The topological polar surface area (TPSA) is 62.3 Å². The van der Waals surface area contributed by atoms with Crippen LogP contribution in [0.5, 0.6) is 0 Å². The average Bonchev–Trinajstić information content (AvgIpc) is 2.39. The lowest BCUT2D eigenvalue weighted by Gasteiger charge is -2.11. The monoisotopic (exact) mass is 281 g/mol. The number of anilines is 1. The Hall–Kier alpha value is -1.58. The Balaban J connectivity index is 2.56. The fraction of sp³-hybridized carbons (Fsp3) is 0.462. The number of hydrogen-bond acceptors (Lipinski definition) is 4. The van der Waals surface area contributed by atoms with Gasteiger partial charge >= 0.3 is 0 Å². The number of hydrogen-bond donors (Lipinski definition) is 1. The molecule has 0 fully saturated rings. The van der Waals surface area contributed by atoms with Gasteiger partial charge in [-0.3, -0.25) is 0 Å². The van der Waals surface area contributed by atoms with E-state index >= 15 is 0 Å². The van der Waals surface area contributed by atoms with Crippen LogP contribution in [-0.4, -0.2) is 38.3 Å². The minimum Gasteiger partial charge on any atom is -0.370 e. The van der Waals surface area contributed by atoms with E-state index < -0.39 is 10.0 Å². The molecule has 1 aromatic rings. The van der Waals surface area contributed by atoms with Gasteiger partial charge in [0.25, 0.3) is 0 Å². The van der Waals surface area contributed by atoms with Gasteiger partial charge in [0.05, 0.1) is 0 Å². The van der Waals surface area contributed by atoms with E-state index in [2.05, 4.69) is 16.2 Å². The van der Waals surface area contributed by atoms with Crippen LogP contribution in [0.25, 0.3) is 0 Å². The summed E-state index contributed by atoms with van der Waals surface area (Å²) in [6.45, 7) is 0.772. The molecule has 0 spiro atoms. The first-order chi connectivity index (χ1) is 8.98. The van der Waals surface area contributed by atoms with Crippen molar-refractivity contribution in [2.75, 3.05) is 26.0 Å². The van der Waals surface area contributed by atoms with Crippen LogP contribution in [0.4, 0.5) is 5.82 Å². The maximum Gasteiger partial charge on any atom is 0.244 e. The fourth-order valence-corrected chi connectivity index (χ4v) is 2.26. The number of nitrogens with zero attached hydrogens (tertiary/aromatic N) is 2. The van der Waals surface area contributed by atoms with Crippen molar-refractivity contribution in [3.8, 4) is 12.3 Å². The van der Waals surface area contributed by atoms with Crippen molar-refractivity contribution < 1.29 is 8.42 Å². The molecule has 104 valence electrons. The predicted octanol–water partition coefficient (Wildman–Crippen LogP) is 1.55. The summed E-state index contributed by atoms with van der Waals surface area (Å²) >= 11 is 0. The molecule has 1 rings (SSSR count). The second-order valence-electron chi connectivity index (χ2n) is 4.25. The summed E-state index contributed by atoms with van der Waals surface area (Å²) in [6, 6.07) is 3.21. The fourth-order valence-electron chi connectivity index (χ4n) is 1.42. The van der Waals surface area contributed by atoms with E-state index in [1.54, 1.807) is 12.1 Å². The Labute approximate surface area is 115 Å². The van der Waals surface area contributed by atoms with E-state index in [0.29, 0.717) is 5.82 Å². The summed E-state index contributed by atoms with van der Waals surface area (Å²) in [6.07, 6.45) is 9.22. The molecule has 0 radical (unpaired) electrons. The van der Waals surface area contributed by atoms with Gasteiger partial charge in [-0.1, -0.05) is 0 Å². The SMILES string of the molecule is C#CCCCCNc1ccc(S(=O)(=O)N(C)C)cn1. The molecule has 6 heteroatoms. The van der Waals surface area contributed by atoms with Gasteiger partial charge in [0.1, 0.15) is 10.7 Å². The van der Waals surface area contributed by atoms with Crippen molar-refractivity contribution in [1.82, 2.24) is 9.29 Å². The quantitative estimate of drug-likeness (QED) is 0.608. The number of aromatic nitrogens is 1. The first-order valence-corrected chi connectivity index (χ1v) is 7.48. The lowest BCUT2D eigenvalue weighted by molar-refractivity contribution is 0.520. The molecule has 0 aromatic carbocycles. The van der Waals surface area contributed by atoms with Gasteiger partial charge in [0.2, 0.25) is 10.0 Å². The molecule has 0 aliphatic carbocycles. The molecule has 1 N–H and O–H groups in total. The molecule has 0 saturated carbocycles. The molecule has 0 aliphatic heterocycles. The van der Waals surface area contributed by atoms with Gasteiger partial charge in [-0.25, -0.2) is 17.7 Å². The lowest BCUT2D eigenvalue weighted by Crippen LogP contribution is -2.22. The molecule has 0 aliphatic rings. The van der Waals surface area contributed by atoms with Crippen molar-refractivity contribution in [3.05, 3.63) is 18.3 Å². The minimum atomic E-state index is -3.41. The van der Waals surface area contributed by atoms with Crippen molar-refractivity contribution in [1.29, 1.82) is 0 Å². The summed E-state index contributed by atoms with van der Waals surface area (Å²) in [7, 11) is -0.419. The smallest absolute Gasteiger partial charge is 0.244 e. The molecule has 1 aromatic heterocycles. The Morgan fingerprint density at radius 3 is 2.63 bits per heavy atom. The van der Waals surface area contributed by atoms with Crippen LogP contribution >= 0.6 is 0 Å². The predicted molar refractivity (Wildman–Crippen MR) is 76.3 cm³/mol. The third-order valence-corrected chi connectivity index (χ3v) is 4.37. The normalized spacial score (nSPS) is 11.3. The van der Waals surface area contributed by atoms with E-state index in [-0.39, 0.29) is 4.90 Å². The Morgan fingerprint density at radius 1 is 1.37 bits per heavy atom. The first-order valence-electron chi connectivity index (χ1n) is 6.04. The zero-order chi connectivity index (χ0) is 14.3. The van der Waals surface area contributed by atoms with Gasteiger partial charge in [-0.2, -0.15) is 0 Å². The maximum atomic E-state index is 11.8. The number of nitrogens with one attached hydrogen (secondary N) is 1. The van der Waals surface area contributed by atoms with Gasteiger partial charge in [-0.15, -0.1) is 12.3 Å². The third-order valence-electron chi connectivity index (χ3n) is 2.57. The van der Waals surface area contributed by atoms with Crippen LogP contribution in [-0.2, 0) is 10.0 Å². The maximum absolute atomic E-state index is 11.8. The van der Waals surface area contributed by atoms with Crippen LogP contribution < -0.4 is 5.32 Å². The van der Waals surface area contributed by atoms with E-state index in [1.165, 1.54) is 20.3 Å². The number of sulfonamides is 1.